The Bertz CT molecular complexity index is 1280. The van der Waals surface area contributed by atoms with Gasteiger partial charge in [-0.15, -0.1) is 12.4 Å². The lowest BCUT2D eigenvalue weighted by molar-refractivity contribution is -0.140. The minimum Gasteiger partial charge on any atom is -0.480 e. The van der Waals surface area contributed by atoms with Crippen LogP contribution in [0, 0.1) is 0 Å². The molecule has 0 fully saturated rings. The maximum Gasteiger partial charge on any atom is 0.328 e. The first-order chi connectivity index (χ1) is 20.8. The Hall–Kier alpha value is -3.54. The number of rotatable bonds is 10. The Morgan fingerprint density at radius 2 is 0.689 bits per heavy atom. The lowest BCUT2D eigenvalue weighted by Crippen LogP contribution is -2.67. The van der Waals surface area contributed by atoms with Crippen LogP contribution in [0.2, 0.25) is 10.1 Å². The molecule has 2 N–H and O–H groups in total. The molecule has 0 atom stereocenters. The highest BCUT2D eigenvalue weighted by atomic mass is 35.5. The highest BCUT2D eigenvalue weighted by Gasteiger charge is 2.51. The van der Waals surface area contributed by atoms with Crippen molar-refractivity contribution in [1.82, 2.24) is 0 Å². The van der Waals surface area contributed by atoms with Gasteiger partial charge in [0.05, 0.1) is 0 Å². The molecule has 0 saturated carbocycles. The number of hydrogen-bond acceptors (Lipinski definition) is 4. The summed E-state index contributed by atoms with van der Waals surface area (Å²) in [6, 6.07) is 40.1. The van der Waals surface area contributed by atoms with Crippen molar-refractivity contribution in [3.8, 4) is 0 Å². The molecule has 0 amide bonds. The quantitative estimate of drug-likeness (QED) is 0.211. The minimum atomic E-state index is -2.69. The van der Waals surface area contributed by atoms with E-state index in [1.807, 2.05) is 121 Å². The smallest absolute Gasteiger partial charge is 0.328 e. The number of halogens is 1. The number of aliphatic carboxylic acids is 2. The summed E-state index contributed by atoms with van der Waals surface area (Å²) in [6.07, 6.45) is 0. The molecule has 4 rings (SSSR count). The summed E-state index contributed by atoms with van der Waals surface area (Å²) in [5.74, 6) is -1.87. The van der Waals surface area contributed by atoms with Crippen molar-refractivity contribution in [3.05, 3.63) is 121 Å². The Kier molecular flexibility index (Phi) is 13.5. The van der Waals surface area contributed by atoms with Crippen LogP contribution in [0.5, 0.6) is 0 Å². The highest BCUT2D eigenvalue weighted by Crippen LogP contribution is 2.37. The third-order valence-electron chi connectivity index (χ3n) is 7.66. The number of hydrogen-bond donors (Lipinski definition) is 2. The van der Waals surface area contributed by atoms with Gasteiger partial charge in [-0.05, 0) is 30.8 Å². The van der Waals surface area contributed by atoms with E-state index >= 15 is 0 Å². The van der Waals surface area contributed by atoms with Crippen LogP contribution in [0.4, 0.5) is 0 Å². The highest BCUT2D eigenvalue weighted by molar-refractivity contribution is 7.00. The van der Waals surface area contributed by atoms with Crippen molar-refractivity contribution in [1.29, 1.82) is 0 Å². The van der Waals surface area contributed by atoms with Gasteiger partial charge < -0.3 is 19.1 Å². The fraction of sp³-hybridized carbons (Fsp3) is 0.278. The molecule has 0 aliphatic carbocycles. The molecule has 6 nitrogen and oxygen atoms in total. The Morgan fingerprint density at radius 3 is 0.844 bits per heavy atom. The second kappa shape index (κ2) is 16.2. The van der Waals surface area contributed by atoms with E-state index < -0.39 is 28.6 Å². The van der Waals surface area contributed by atoms with Gasteiger partial charge in [0.25, 0.3) is 16.6 Å². The molecule has 240 valence electrons. The molecule has 4 aromatic carbocycles. The number of carboxylic acid groups (broad SMARTS) is 2. The zero-order chi connectivity index (χ0) is 32.4. The van der Waals surface area contributed by atoms with Gasteiger partial charge in [0.1, 0.15) is 13.2 Å². The average molecular weight is 665 g/mol. The Balaban J connectivity index is 0.000000307. The lowest BCUT2D eigenvalue weighted by atomic mass is 10.2. The average Bonchev–Trinajstić information content (AvgIpc) is 2.99. The van der Waals surface area contributed by atoms with E-state index in [1.54, 1.807) is 0 Å². The molecule has 0 bridgehead atoms. The molecule has 4 aromatic rings. The molecule has 0 unspecified atom stereocenters. The molecule has 9 heteroatoms. The second-order valence-corrected chi connectivity index (χ2v) is 21.3. The van der Waals surface area contributed by atoms with Gasteiger partial charge in [0, 0.05) is 0 Å². The molecular formula is C36H45ClO6Si2. The summed E-state index contributed by atoms with van der Waals surface area (Å²) in [5, 5.41) is 22.3. The predicted molar refractivity (Wildman–Crippen MR) is 190 cm³/mol. The predicted octanol–water partition coefficient (Wildman–Crippen LogP) is 5.72. The van der Waals surface area contributed by atoms with Crippen LogP contribution in [0.3, 0.4) is 0 Å². The molecule has 0 heterocycles. The normalized spacial score (nSPS) is 11.9. The molecule has 45 heavy (non-hydrogen) atoms. The van der Waals surface area contributed by atoms with Crippen molar-refractivity contribution >= 4 is 61.7 Å². The standard InChI is InChI=1S/2C18H22O3Si.ClH/c2*1-18(2,3)22(21-14-17(19)20,15-10-6-4-7-11-15)16-12-8-5-9-13-16;/h2*4-13H,14H2,1-3H3,(H,19,20);1H. The monoisotopic (exact) mass is 664 g/mol. The fourth-order valence-corrected chi connectivity index (χ4v) is 14.9. The number of carboxylic acids is 2. The zero-order valence-electron chi connectivity index (χ0n) is 26.9. The van der Waals surface area contributed by atoms with Crippen molar-refractivity contribution in [2.75, 3.05) is 13.2 Å². The lowest BCUT2D eigenvalue weighted by Gasteiger charge is -2.42. The molecule has 0 spiro atoms. The summed E-state index contributed by atoms with van der Waals surface area (Å²) in [5.41, 5.74) is 0. The van der Waals surface area contributed by atoms with Crippen LogP contribution in [0.1, 0.15) is 41.5 Å². The van der Waals surface area contributed by atoms with E-state index in [1.165, 1.54) is 0 Å². The zero-order valence-corrected chi connectivity index (χ0v) is 29.7. The Labute approximate surface area is 275 Å². The summed E-state index contributed by atoms with van der Waals surface area (Å²) in [6.45, 7) is 12.2. The van der Waals surface area contributed by atoms with Crippen LogP contribution in [-0.2, 0) is 18.4 Å². The van der Waals surface area contributed by atoms with Gasteiger partial charge in [-0.25, -0.2) is 9.59 Å². The number of carbonyl (C=O) groups is 2. The van der Waals surface area contributed by atoms with Crippen LogP contribution in [-0.4, -0.2) is 52.0 Å². The summed E-state index contributed by atoms with van der Waals surface area (Å²) >= 11 is 0. The Morgan fingerprint density at radius 1 is 0.489 bits per heavy atom. The summed E-state index contributed by atoms with van der Waals surface area (Å²) < 4.78 is 12.3. The third-order valence-corrected chi connectivity index (χ3v) is 17.6. The molecule has 0 radical (unpaired) electrons. The van der Waals surface area contributed by atoms with E-state index in [-0.39, 0.29) is 35.7 Å². The van der Waals surface area contributed by atoms with E-state index in [4.69, 9.17) is 19.1 Å². The van der Waals surface area contributed by atoms with E-state index in [2.05, 4.69) is 41.5 Å². The van der Waals surface area contributed by atoms with Gasteiger partial charge in [-0.3, -0.25) is 0 Å². The molecule has 0 saturated heterocycles. The first kappa shape index (κ1) is 37.6. The largest absolute Gasteiger partial charge is 0.480 e. The molecular weight excluding hydrogens is 620 g/mol. The van der Waals surface area contributed by atoms with Crippen LogP contribution < -0.4 is 20.7 Å². The van der Waals surface area contributed by atoms with Crippen LogP contribution >= 0.6 is 12.4 Å². The first-order valence-corrected chi connectivity index (χ1v) is 18.5. The van der Waals surface area contributed by atoms with Gasteiger partial charge >= 0.3 is 11.9 Å². The molecule has 0 aliphatic heterocycles. The maximum atomic E-state index is 11.1. The second-order valence-electron chi connectivity index (χ2n) is 12.7. The molecule has 0 aliphatic rings. The first-order valence-electron chi connectivity index (χ1n) is 14.7. The van der Waals surface area contributed by atoms with Gasteiger partial charge in [0.15, 0.2) is 0 Å². The van der Waals surface area contributed by atoms with Crippen molar-refractivity contribution in [2.24, 2.45) is 0 Å². The van der Waals surface area contributed by atoms with Crippen LogP contribution in [0.25, 0.3) is 0 Å². The topological polar surface area (TPSA) is 93.1 Å². The van der Waals surface area contributed by atoms with E-state index in [0.717, 1.165) is 20.7 Å². The van der Waals surface area contributed by atoms with Gasteiger partial charge in [0.2, 0.25) is 0 Å². The van der Waals surface area contributed by atoms with Crippen molar-refractivity contribution < 1.29 is 28.7 Å². The summed E-state index contributed by atoms with van der Waals surface area (Å²) in [7, 11) is -5.39. The third kappa shape index (κ3) is 8.80. The van der Waals surface area contributed by atoms with Gasteiger partial charge in [-0.2, -0.15) is 0 Å². The van der Waals surface area contributed by atoms with E-state index in [0.29, 0.717) is 0 Å². The van der Waals surface area contributed by atoms with E-state index in [9.17, 15) is 9.59 Å². The SMILES string of the molecule is CC(C)(C)[Si](OCC(=O)O)(c1ccccc1)c1ccccc1.CC(C)(C)[Si](OCC(=O)O)(c1ccccc1)c1ccccc1.Cl. The van der Waals surface area contributed by atoms with Crippen LogP contribution in [0.15, 0.2) is 121 Å². The molecule has 0 aromatic heterocycles. The minimum absolute atomic E-state index is 0. The van der Waals surface area contributed by atoms with Crippen molar-refractivity contribution in [3.63, 3.8) is 0 Å². The fourth-order valence-electron chi connectivity index (χ4n) is 5.86. The summed E-state index contributed by atoms with van der Waals surface area (Å²) in [4.78, 5) is 22.3. The maximum absolute atomic E-state index is 11.1. The van der Waals surface area contributed by atoms with Crippen molar-refractivity contribution in [2.45, 2.75) is 51.6 Å². The number of benzene rings is 4. The van der Waals surface area contributed by atoms with Gasteiger partial charge in [-0.1, -0.05) is 163 Å².